The van der Waals surface area contributed by atoms with Gasteiger partial charge in [0.1, 0.15) is 0 Å². The van der Waals surface area contributed by atoms with Crippen LogP contribution in [0.15, 0.2) is 81.6 Å². The Morgan fingerprint density at radius 2 is 2.22 bits per heavy atom. The first-order valence-corrected chi connectivity index (χ1v) is 10.9. The highest BCUT2D eigenvalue weighted by atomic mass is 16.7. The SMILES string of the molecule is COC1(Cc2ccoc2)C=C(CC/C=C(C)/C=C/CC(C)/C=C2/OC(=O)C(C)=C2O)CO1. The highest BCUT2D eigenvalue weighted by Crippen LogP contribution is 2.30. The van der Waals surface area contributed by atoms with Crippen LogP contribution in [0.2, 0.25) is 0 Å². The van der Waals surface area contributed by atoms with Crippen molar-refractivity contribution in [2.24, 2.45) is 5.92 Å². The van der Waals surface area contributed by atoms with Gasteiger partial charge in [-0.2, -0.15) is 0 Å². The second-order valence-electron chi connectivity index (χ2n) is 8.41. The monoisotopic (exact) mass is 440 g/mol. The molecule has 32 heavy (non-hydrogen) atoms. The van der Waals surface area contributed by atoms with Gasteiger partial charge in [0, 0.05) is 13.5 Å². The van der Waals surface area contributed by atoms with E-state index in [0.717, 1.165) is 24.8 Å². The number of carbonyl (C=O) groups excluding carboxylic acids is 1. The van der Waals surface area contributed by atoms with E-state index in [1.165, 1.54) is 11.1 Å². The average molecular weight is 441 g/mol. The Hall–Kier alpha value is -2.83. The molecule has 172 valence electrons. The third kappa shape index (κ3) is 6.11. The Bertz CT molecular complexity index is 960. The Labute approximate surface area is 189 Å². The Balaban J connectivity index is 1.46. The number of esters is 1. The van der Waals surface area contributed by atoms with Crippen LogP contribution < -0.4 is 0 Å². The molecule has 0 fully saturated rings. The zero-order valence-electron chi connectivity index (χ0n) is 19.2. The highest BCUT2D eigenvalue weighted by molar-refractivity contribution is 5.93. The van der Waals surface area contributed by atoms with Gasteiger partial charge in [0.2, 0.25) is 0 Å². The second-order valence-corrected chi connectivity index (χ2v) is 8.41. The molecular formula is C26H32O6. The van der Waals surface area contributed by atoms with Gasteiger partial charge >= 0.3 is 5.97 Å². The molecule has 2 aliphatic heterocycles. The van der Waals surface area contributed by atoms with Crippen LogP contribution in [0.25, 0.3) is 0 Å². The minimum atomic E-state index is -0.710. The number of hydrogen-bond donors (Lipinski definition) is 1. The molecule has 6 nitrogen and oxygen atoms in total. The topological polar surface area (TPSA) is 78.1 Å². The number of aliphatic hydroxyl groups excluding tert-OH is 1. The number of carbonyl (C=O) groups is 1. The Morgan fingerprint density at radius 3 is 2.88 bits per heavy atom. The van der Waals surface area contributed by atoms with Crippen LogP contribution in [-0.2, 0) is 25.4 Å². The normalized spacial score (nSPS) is 24.0. The molecule has 3 heterocycles. The van der Waals surface area contributed by atoms with Crippen LogP contribution in [0.5, 0.6) is 0 Å². The van der Waals surface area contributed by atoms with Gasteiger partial charge in [0.15, 0.2) is 17.3 Å². The van der Waals surface area contributed by atoms with Crippen LogP contribution in [-0.4, -0.2) is 30.6 Å². The van der Waals surface area contributed by atoms with Crippen molar-refractivity contribution >= 4 is 5.97 Å². The smallest absolute Gasteiger partial charge is 0.343 e. The van der Waals surface area contributed by atoms with Crippen molar-refractivity contribution in [3.05, 3.63) is 82.8 Å². The summed E-state index contributed by atoms with van der Waals surface area (Å²) in [7, 11) is 1.67. The van der Waals surface area contributed by atoms with Gasteiger partial charge in [0.25, 0.3) is 0 Å². The molecule has 0 radical (unpaired) electrons. The molecule has 2 unspecified atom stereocenters. The quantitative estimate of drug-likeness (QED) is 0.286. The summed E-state index contributed by atoms with van der Waals surface area (Å²) in [6.07, 6.45) is 16.9. The lowest BCUT2D eigenvalue weighted by Crippen LogP contribution is -2.31. The summed E-state index contributed by atoms with van der Waals surface area (Å²) in [5, 5.41) is 9.90. The molecule has 0 amide bonds. The molecule has 0 saturated heterocycles. The van der Waals surface area contributed by atoms with E-state index in [1.807, 2.05) is 13.0 Å². The summed E-state index contributed by atoms with van der Waals surface area (Å²) in [5.74, 6) is -0.865. The van der Waals surface area contributed by atoms with Crippen molar-refractivity contribution < 1.29 is 28.5 Å². The van der Waals surface area contributed by atoms with Gasteiger partial charge in [0.05, 0.1) is 24.7 Å². The van der Waals surface area contributed by atoms with E-state index in [4.69, 9.17) is 18.6 Å². The number of methoxy groups -OCH3 is 1. The summed E-state index contributed by atoms with van der Waals surface area (Å²) in [4.78, 5) is 11.5. The van der Waals surface area contributed by atoms with Gasteiger partial charge < -0.3 is 23.7 Å². The van der Waals surface area contributed by atoms with E-state index in [0.29, 0.717) is 13.0 Å². The molecule has 6 heteroatoms. The van der Waals surface area contributed by atoms with Gasteiger partial charge in [-0.3, -0.25) is 0 Å². The summed E-state index contributed by atoms with van der Waals surface area (Å²) in [6.45, 7) is 6.23. The maximum atomic E-state index is 11.5. The molecule has 1 aromatic heterocycles. The van der Waals surface area contributed by atoms with Crippen molar-refractivity contribution in [3.8, 4) is 0 Å². The highest BCUT2D eigenvalue weighted by Gasteiger charge is 2.34. The van der Waals surface area contributed by atoms with Crippen molar-refractivity contribution in [1.29, 1.82) is 0 Å². The van der Waals surface area contributed by atoms with E-state index in [9.17, 15) is 9.90 Å². The zero-order valence-corrected chi connectivity index (χ0v) is 19.2. The first-order chi connectivity index (χ1) is 15.3. The van der Waals surface area contributed by atoms with Gasteiger partial charge in [-0.25, -0.2) is 4.79 Å². The third-order valence-electron chi connectivity index (χ3n) is 5.66. The minimum Gasteiger partial charge on any atom is -0.504 e. The molecule has 0 aromatic carbocycles. The van der Waals surface area contributed by atoms with Gasteiger partial charge in [-0.05, 0) is 68.4 Å². The second kappa shape index (κ2) is 10.7. The summed E-state index contributed by atoms with van der Waals surface area (Å²) >= 11 is 0. The number of cyclic esters (lactones) is 1. The molecule has 0 aliphatic carbocycles. The standard InChI is InChI=1S/C26H32O6/c1-18(7-5-9-19(2)13-23-24(27)20(3)25(28)32-23)8-6-10-21-14-26(29-4,31-17-21)15-22-11-12-30-16-22/h5,7-8,11-14,16,19,27H,6,9-10,15,17H2,1-4H3/b7-5+,18-8+,23-13+. The Kier molecular flexibility index (Phi) is 7.94. The molecule has 1 N–H and O–H groups in total. The molecule has 0 bridgehead atoms. The van der Waals surface area contributed by atoms with Crippen molar-refractivity contribution in [3.63, 3.8) is 0 Å². The molecule has 2 atom stereocenters. The van der Waals surface area contributed by atoms with Crippen molar-refractivity contribution in [2.75, 3.05) is 13.7 Å². The molecular weight excluding hydrogens is 408 g/mol. The number of hydrogen-bond acceptors (Lipinski definition) is 6. The fraction of sp³-hybridized carbons (Fsp3) is 0.423. The van der Waals surface area contributed by atoms with Gasteiger partial charge in [-0.1, -0.05) is 30.7 Å². The number of furan rings is 1. The summed E-state index contributed by atoms with van der Waals surface area (Å²) in [5.41, 5.74) is 3.72. The lowest BCUT2D eigenvalue weighted by Gasteiger charge is -2.24. The Morgan fingerprint density at radius 1 is 1.41 bits per heavy atom. The first kappa shape index (κ1) is 23.8. The predicted octanol–water partition coefficient (Wildman–Crippen LogP) is 5.70. The maximum Gasteiger partial charge on any atom is 0.343 e. The van der Waals surface area contributed by atoms with E-state index in [-0.39, 0.29) is 23.0 Å². The number of ether oxygens (including phenoxy) is 3. The van der Waals surface area contributed by atoms with Crippen LogP contribution in [0.1, 0.15) is 45.6 Å². The maximum absolute atomic E-state index is 11.5. The number of rotatable bonds is 10. The molecule has 1 aromatic rings. The lowest BCUT2D eigenvalue weighted by atomic mass is 10.0. The van der Waals surface area contributed by atoms with E-state index in [2.05, 4.69) is 31.2 Å². The fourth-order valence-corrected chi connectivity index (χ4v) is 3.69. The zero-order chi connectivity index (χ0) is 23.1. The van der Waals surface area contributed by atoms with Gasteiger partial charge in [-0.15, -0.1) is 0 Å². The minimum absolute atomic E-state index is 0.0608. The fourth-order valence-electron chi connectivity index (χ4n) is 3.69. The van der Waals surface area contributed by atoms with E-state index in [1.54, 1.807) is 32.6 Å². The summed E-state index contributed by atoms with van der Waals surface area (Å²) < 4.78 is 21.8. The van der Waals surface area contributed by atoms with E-state index >= 15 is 0 Å². The van der Waals surface area contributed by atoms with Crippen LogP contribution in [0.4, 0.5) is 0 Å². The largest absolute Gasteiger partial charge is 0.504 e. The molecule has 3 rings (SSSR count). The van der Waals surface area contributed by atoms with Crippen molar-refractivity contribution in [1.82, 2.24) is 0 Å². The van der Waals surface area contributed by atoms with Crippen LogP contribution in [0.3, 0.4) is 0 Å². The molecule has 0 saturated carbocycles. The van der Waals surface area contributed by atoms with Crippen LogP contribution >= 0.6 is 0 Å². The first-order valence-electron chi connectivity index (χ1n) is 10.9. The lowest BCUT2D eigenvalue weighted by molar-refractivity contribution is -0.169. The average Bonchev–Trinajstić information content (AvgIpc) is 3.47. The van der Waals surface area contributed by atoms with Crippen LogP contribution in [0, 0.1) is 5.92 Å². The third-order valence-corrected chi connectivity index (χ3v) is 5.66. The molecule has 0 spiro atoms. The van der Waals surface area contributed by atoms with E-state index < -0.39 is 11.8 Å². The predicted molar refractivity (Wildman–Crippen MR) is 122 cm³/mol. The molecule has 2 aliphatic rings. The number of aliphatic hydroxyl groups is 1. The summed E-state index contributed by atoms with van der Waals surface area (Å²) in [6, 6.07) is 1.92. The van der Waals surface area contributed by atoms with Crippen molar-refractivity contribution in [2.45, 2.75) is 52.2 Å². The number of allylic oxidation sites excluding steroid dienone is 5.